The van der Waals surface area contributed by atoms with E-state index in [9.17, 15) is 13.5 Å². The van der Waals surface area contributed by atoms with Gasteiger partial charge in [-0.3, -0.25) is 4.68 Å². The number of aliphatic hydroxyl groups excluding tert-OH is 1. The Hall–Kier alpha value is -2.68. The van der Waals surface area contributed by atoms with Crippen LogP contribution in [-0.2, 0) is 16.6 Å². The van der Waals surface area contributed by atoms with Crippen LogP contribution in [0.25, 0.3) is 0 Å². The minimum absolute atomic E-state index is 0.0406. The molecule has 3 aromatic rings. The van der Waals surface area contributed by atoms with Crippen molar-refractivity contribution in [2.24, 2.45) is 0 Å². The highest BCUT2D eigenvalue weighted by atomic mass is 32.2. The van der Waals surface area contributed by atoms with Crippen molar-refractivity contribution in [3.8, 4) is 5.75 Å². The predicted octanol–water partition coefficient (Wildman–Crippen LogP) is 3.40. The number of methoxy groups -OCH3 is 1. The summed E-state index contributed by atoms with van der Waals surface area (Å²) in [6, 6.07) is 16.3. The highest BCUT2D eigenvalue weighted by Gasteiger charge is 2.29. The van der Waals surface area contributed by atoms with E-state index >= 15 is 0 Å². The quantitative estimate of drug-likeness (QED) is 0.564. The molecule has 0 aliphatic heterocycles. The normalized spacial score (nSPS) is 13.0. The van der Waals surface area contributed by atoms with Crippen LogP contribution in [0.5, 0.6) is 5.75 Å². The summed E-state index contributed by atoms with van der Waals surface area (Å²) in [6.45, 7) is 3.89. The molecule has 1 aromatic heterocycles. The Labute approximate surface area is 177 Å². The summed E-state index contributed by atoms with van der Waals surface area (Å²) in [5.41, 5.74) is 1.41. The Bertz CT molecular complexity index is 1060. The number of nitrogens with zero attached hydrogens (tertiary/aromatic N) is 3. The van der Waals surface area contributed by atoms with Crippen LogP contribution in [0.3, 0.4) is 0 Å². The number of aliphatic hydroxyl groups is 1. The first kappa shape index (κ1) is 22.0. The number of hydrogen-bond acceptors (Lipinski definition) is 5. The first-order valence-electron chi connectivity index (χ1n) is 9.71. The fourth-order valence-electron chi connectivity index (χ4n) is 3.07. The van der Waals surface area contributed by atoms with Gasteiger partial charge in [0, 0.05) is 25.3 Å². The molecule has 160 valence electrons. The molecular formula is C22H27N3O4S. The summed E-state index contributed by atoms with van der Waals surface area (Å²) in [5.74, 6) is 0.599. The van der Waals surface area contributed by atoms with Crippen LogP contribution < -0.4 is 4.74 Å². The molecule has 1 N–H and O–H groups in total. The molecule has 3 rings (SSSR count). The van der Waals surface area contributed by atoms with E-state index in [0.29, 0.717) is 11.3 Å². The molecule has 7 nitrogen and oxygen atoms in total. The Kier molecular flexibility index (Phi) is 6.91. The van der Waals surface area contributed by atoms with E-state index in [0.717, 1.165) is 5.56 Å². The zero-order valence-electron chi connectivity index (χ0n) is 17.3. The van der Waals surface area contributed by atoms with E-state index < -0.39 is 16.1 Å². The number of ether oxygens (including phenoxy) is 1. The van der Waals surface area contributed by atoms with Crippen LogP contribution in [-0.4, -0.2) is 41.3 Å². The molecule has 0 amide bonds. The number of benzene rings is 2. The van der Waals surface area contributed by atoms with Gasteiger partial charge in [-0.1, -0.05) is 42.5 Å². The number of sulfonamides is 1. The lowest BCUT2D eigenvalue weighted by Gasteiger charge is -2.24. The molecule has 8 heteroatoms. The van der Waals surface area contributed by atoms with Crippen molar-refractivity contribution in [3.63, 3.8) is 0 Å². The van der Waals surface area contributed by atoms with Gasteiger partial charge in [0.1, 0.15) is 10.6 Å². The molecule has 0 spiro atoms. The molecule has 30 heavy (non-hydrogen) atoms. The predicted molar refractivity (Wildman–Crippen MR) is 115 cm³/mol. The molecule has 0 saturated heterocycles. The third-order valence-electron chi connectivity index (χ3n) is 4.80. The maximum absolute atomic E-state index is 13.4. The van der Waals surface area contributed by atoms with Gasteiger partial charge in [-0.2, -0.15) is 9.40 Å². The second kappa shape index (κ2) is 9.42. The summed E-state index contributed by atoms with van der Waals surface area (Å²) < 4.78 is 34.9. The van der Waals surface area contributed by atoms with Crippen molar-refractivity contribution >= 4 is 10.0 Å². The Morgan fingerprint density at radius 1 is 1.13 bits per heavy atom. The van der Waals surface area contributed by atoms with E-state index in [1.54, 1.807) is 36.1 Å². The van der Waals surface area contributed by atoms with E-state index in [-0.39, 0.29) is 24.0 Å². The molecule has 1 heterocycles. The smallest absolute Gasteiger partial charge is 0.246 e. The molecule has 0 bridgehead atoms. The molecule has 0 saturated carbocycles. The van der Waals surface area contributed by atoms with Gasteiger partial charge in [-0.15, -0.1) is 0 Å². The highest BCUT2D eigenvalue weighted by molar-refractivity contribution is 7.89. The van der Waals surface area contributed by atoms with E-state index in [4.69, 9.17) is 4.74 Å². The molecule has 0 fully saturated rings. The number of aromatic nitrogens is 2. The van der Waals surface area contributed by atoms with Crippen LogP contribution in [0.2, 0.25) is 0 Å². The van der Waals surface area contributed by atoms with Crippen LogP contribution in [0.15, 0.2) is 71.9 Å². The van der Waals surface area contributed by atoms with Crippen LogP contribution in [0, 0.1) is 0 Å². The van der Waals surface area contributed by atoms with Crippen molar-refractivity contribution in [2.75, 3.05) is 13.7 Å². The first-order valence-corrected chi connectivity index (χ1v) is 11.2. The Balaban J connectivity index is 1.92. The molecule has 0 aliphatic carbocycles. The monoisotopic (exact) mass is 429 g/mol. The van der Waals surface area contributed by atoms with Crippen molar-refractivity contribution in [1.29, 1.82) is 0 Å². The zero-order valence-corrected chi connectivity index (χ0v) is 18.2. The lowest BCUT2D eigenvalue weighted by Crippen LogP contribution is -2.34. The molecular weight excluding hydrogens is 402 g/mol. The largest absolute Gasteiger partial charge is 0.497 e. The molecule has 1 atom stereocenters. The van der Waals surface area contributed by atoms with Gasteiger partial charge >= 0.3 is 0 Å². The zero-order chi connectivity index (χ0) is 21.7. The molecule has 0 aliphatic rings. The third-order valence-corrected chi connectivity index (χ3v) is 6.57. The summed E-state index contributed by atoms with van der Waals surface area (Å²) in [7, 11) is -2.33. The standard InChI is InChI=1S/C22H27N3O4S/c1-17(2)25-15-21(13-23-25)30(27,28)24(14-18-8-5-4-6-9-18)16-22(26)19-10-7-11-20(12-19)29-3/h4-13,15,17,22,26H,14,16H2,1-3H3/t22-/m0/s1. The summed E-state index contributed by atoms with van der Waals surface area (Å²) >= 11 is 0. The SMILES string of the molecule is COc1cccc([C@@H](O)CN(Cc2ccccc2)S(=O)(=O)c2cnn(C(C)C)c2)c1. The highest BCUT2D eigenvalue weighted by Crippen LogP contribution is 2.25. The van der Waals surface area contributed by atoms with Gasteiger partial charge in [-0.25, -0.2) is 8.42 Å². The average molecular weight is 430 g/mol. The Morgan fingerprint density at radius 2 is 1.87 bits per heavy atom. The van der Waals surface area contributed by atoms with Crippen LogP contribution in [0.4, 0.5) is 0 Å². The minimum atomic E-state index is -3.87. The van der Waals surface area contributed by atoms with Crippen molar-refractivity contribution < 1.29 is 18.3 Å². The van der Waals surface area contributed by atoms with Gasteiger partial charge in [0.05, 0.1) is 19.4 Å². The van der Waals surface area contributed by atoms with Crippen molar-refractivity contribution in [1.82, 2.24) is 14.1 Å². The fourth-order valence-corrected chi connectivity index (χ4v) is 4.44. The summed E-state index contributed by atoms with van der Waals surface area (Å²) in [4.78, 5) is 0.102. The Morgan fingerprint density at radius 3 is 2.50 bits per heavy atom. The van der Waals surface area contributed by atoms with Crippen LogP contribution >= 0.6 is 0 Å². The third kappa shape index (κ3) is 5.08. The maximum atomic E-state index is 13.4. The molecule has 0 radical (unpaired) electrons. The van der Waals surface area contributed by atoms with Gasteiger partial charge in [-0.05, 0) is 37.1 Å². The number of hydrogen-bond donors (Lipinski definition) is 1. The van der Waals surface area contributed by atoms with Gasteiger partial charge in [0.2, 0.25) is 10.0 Å². The number of rotatable bonds is 9. The molecule has 0 unspecified atom stereocenters. The lowest BCUT2D eigenvalue weighted by atomic mass is 10.1. The second-order valence-electron chi connectivity index (χ2n) is 7.33. The van der Waals surface area contributed by atoms with Crippen molar-refractivity contribution in [3.05, 3.63) is 78.1 Å². The van der Waals surface area contributed by atoms with Crippen molar-refractivity contribution in [2.45, 2.75) is 37.4 Å². The van der Waals surface area contributed by atoms with Crippen LogP contribution in [0.1, 0.15) is 37.1 Å². The van der Waals surface area contributed by atoms with E-state index in [1.165, 1.54) is 16.7 Å². The topological polar surface area (TPSA) is 84.7 Å². The van der Waals surface area contributed by atoms with E-state index in [2.05, 4.69) is 5.10 Å². The van der Waals surface area contributed by atoms with Gasteiger partial charge in [0.25, 0.3) is 0 Å². The first-order chi connectivity index (χ1) is 14.3. The average Bonchev–Trinajstić information content (AvgIpc) is 3.25. The van der Waals surface area contributed by atoms with Gasteiger partial charge in [0.15, 0.2) is 0 Å². The lowest BCUT2D eigenvalue weighted by molar-refractivity contribution is 0.145. The second-order valence-corrected chi connectivity index (χ2v) is 9.26. The maximum Gasteiger partial charge on any atom is 0.246 e. The molecule has 2 aromatic carbocycles. The summed E-state index contributed by atoms with van der Waals surface area (Å²) in [6.07, 6.45) is 1.86. The van der Waals surface area contributed by atoms with E-state index in [1.807, 2.05) is 44.2 Å². The van der Waals surface area contributed by atoms with Gasteiger partial charge < -0.3 is 9.84 Å². The minimum Gasteiger partial charge on any atom is -0.497 e. The summed E-state index contributed by atoms with van der Waals surface area (Å²) in [5, 5.41) is 15.0. The fraction of sp³-hybridized carbons (Fsp3) is 0.318.